The maximum absolute atomic E-state index is 6.20. The van der Waals surface area contributed by atoms with E-state index in [0.717, 1.165) is 24.5 Å². The Hall–Kier alpha value is -1.89. The van der Waals surface area contributed by atoms with Crippen LogP contribution < -0.4 is 10.2 Å². The van der Waals surface area contributed by atoms with Crippen molar-refractivity contribution in [2.24, 2.45) is 0 Å². The van der Waals surface area contributed by atoms with Crippen molar-refractivity contribution < 1.29 is 0 Å². The summed E-state index contributed by atoms with van der Waals surface area (Å²) in [5.74, 6) is 1.59. The Labute approximate surface area is 129 Å². The highest BCUT2D eigenvalue weighted by Gasteiger charge is 2.16. The van der Waals surface area contributed by atoms with Crippen LogP contribution >= 0.6 is 11.6 Å². The lowest BCUT2D eigenvalue weighted by molar-refractivity contribution is 0.744. The molecule has 0 spiro atoms. The third kappa shape index (κ3) is 2.92. The molecule has 7 nitrogen and oxygen atoms in total. The van der Waals surface area contributed by atoms with Gasteiger partial charge in [-0.2, -0.15) is 20.1 Å². The molecule has 1 N–H and O–H groups in total. The standard InChI is InChI=1S/C13H20ClN7/c1-6-20(7-2)12-16-11(15-5)17-13(18-12)21-9(4)10(14)8(3)19-21/h6-7H2,1-5H3,(H,15,16,17,18). The lowest BCUT2D eigenvalue weighted by Gasteiger charge is -2.19. The van der Waals surface area contributed by atoms with E-state index in [0.29, 0.717) is 22.9 Å². The highest BCUT2D eigenvalue weighted by atomic mass is 35.5. The van der Waals surface area contributed by atoms with Gasteiger partial charge in [0.25, 0.3) is 5.95 Å². The smallest absolute Gasteiger partial charge is 0.257 e. The first kappa shape index (κ1) is 15.5. The van der Waals surface area contributed by atoms with E-state index in [1.807, 2.05) is 13.8 Å². The van der Waals surface area contributed by atoms with Crippen molar-refractivity contribution in [2.45, 2.75) is 27.7 Å². The molecule has 0 bridgehead atoms. The van der Waals surface area contributed by atoms with Crippen molar-refractivity contribution in [1.82, 2.24) is 24.7 Å². The van der Waals surface area contributed by atoms with Gasteiger partial charge < -0.3 is 10.2 Å². The molecule has 0 fully saturated rings. The summed E-state index contributed by atoms with van der Waals surface area (Å²) in [6.07, 6.45) is 0. The number of hydrogen-bond acceptors (Lipinski definition) is 6. The van der Waals surface area contributed by atoms with Crippen molar-refractivity contribution in [1.29, 1.82) is 0 Å². The molecule has 2 heterocycles. The second-order valence-corrected chi connectivity index (χ2v) is 4.96. The molecule has 2 aromatic heterocycles. The molecule has 0 saturated heterocycles. The van der Waals surface area contributed by atoms with Gasteiger partial charge in [0.05, 0.1) is 16.4 Å². The molecule has 0 aromatic carbocycles. The monoisotopic (exact) mass is 309 g/mol. The normalized spacial score (nSPS) is 10.8. The van der Waals surface area contributed by atoms with Crippen molar-refractivity contribution >= 4 is 23.5 Å². The van der Waals surface area contributed by atoms with Crippen LogP contribution in [0.5, 0.6) is 0 Å². The van der Waals surface area contributed by atoms with Gasteiger partial charge in [0.15, 0.2) is 0 Å². The van der Waals surface area contributed by atoms with Gasteiger partial charge in [-0.05, 0) is 27.7 Å². The van der Waals surface area contributed by atoms with Gasteiger partial charge in [-0.25, -0.2) is 4.68 Å². The number of aryl methyl sites for hydroxylation is 1. The van der Waals surface area contributed by atoms with Gasteiger partial charge in [0.1, 0.15) is 0 Å². The van der Waals surface area contributed by atoms with E-state index in [4.69, 9.17) is 11.6 Å². The Morgan fingerprint density at radius 1 is 1.14 bits per heavy atom. The van der Waals surface area contributed by atoms with Crippen LogP contribution in [0.15, 0.2) is 0 Å². The summed E-state index contributed by atoms with van der Waals surface area (Å²) < 4.78 is 1.65. The number of anilines is 2. The molecule has 0 saturated carbocycles. The summed E-state index contributed by atoms with van der Waals surface area (Å²) in [6.45, 7) is 9.51. The number of hydrogen-bond donors (Lipinski definition) is 1. The molecule has 0 aliphatic heterocycles. The first-order valence-electron chi connectivity index (χ1n) is 6.92. The Bertz CT molecular complexity index is 634. The zero-order valence-electron chi connectivity index (χ0n) is 13.0. The van der Waals surface area contributed by atoms with E-state index in [1.54, 1.807) is 11.7 Å². The average molecular weight is 310 g/mol. The zero-order chi connectivity index (χ0) is 15.6. The van der Waals surface area contributed by atoms with Gasteiger partial charge >= 0.3 is 0 Å². The first-order chi connectivity index (χ1) is 10.0. The summed E-state index contributed by atoms with van der Waals surface area (Å²) >= 11 is 6.20. The van der Waals surface area contributed by atoms with E-state index in [-0.39, 0.29) is 0 Å². The molecule has 8 heteroatoms. The lowest BCUT2D eigenvalue weighted by Crippen LogP contribution is -2.25. The molecule has 0 amide bonds. The Kier molecular flexibility index (Phi) is 4.62. The number of nitrogens with zero attached hydrogens (tertiary/aromatic N) is 6. The van der Waals surface area contributed by atoms with Gasteiger partial charge in [-0.15, -0.1) is 0 Å². The fraction of sp³-hybridized carbons (Fsp3) is 0.538. The highest BCUT2D eigenvalue weighted by molar-refractivity contribution is 6.31. The first-order valence-corrected chi connectivity index (χ1v) is 7.30. The van der Waals surface area contributed by atoms with Crippen molar-refractivity contribution in [3.05, 3.63) is 16.4 Å². The maximum atomic E-state index is 6.20. The molecule has 0 radical (unpaired) electrons. The van der Waals surface area contributed by atoms with Gasteiger partial charge in [0.2, 0.25) is 11.9 Å². The highest BCUT2D eigenvalue weighted by Crippen LogP contribution is 2.22. The molecular formula is C13H20ClN7. The molecule has 21 heavy (non-hydrogen) atoms. The van der Waals surface area contributed by atoms with E-state index in [2.05, 4.69) is 44.1 Å². The third-order valence-corrected chi connectivity index (χ3v) is 3.82. The van der Waals surface area contributed by atoms with Crippen LogP contribution in [0.2, 0.25) is 5.02 Å². The summed E-state index contributed by atoms with van der Waals surface area (Å²) in [5.41, 5.74) is 1.57. The number of rotatable bonds is 5. The second-order valence-electron chi connectivity index (χ2n) is 4.58. The van der Waals surface area contributed by atoms with Crippen LogP contribution in [0.3, 0.4) is 0 Å². The molecule has 0 aliphatic rings. The minimum Gasteiger partial charge on any atom is -0.357 e. The Morgan fingerprint density at radius 2 is 1.81 bits per heavy atom. The van der Waals surface area contributed by atoms with Crippen LogP contribution in [-0.2, 0) is 0 Å². The number of nitrogens with one attached hydrogen (secondary N) is 1. The topological polar surface area (TPSA) is 71.8 Å². The lowest BCUT2D eigenvalue weighted by atomic mass is 10.4. The van der Waals surface area contributed by atoms with E-state index < -0.39 is 0 Å². The van der Waals surface area contributed by atoms with E-state index in [1.165, 1.54) is 0 Å². The van der Waals surface area contributed by atoms with Crippen molar-refractivity contribution in [3.63, 3.8) is 0 Å². The molecular weight excluding hydrogens is 290 g/mol. The minimum atomic E-state index is 0.462. The van der Waals surface area contributed by atoms with Crippen molar-refractivity contribution in [2.75, 3.05) is 30.4 Å². The third-order valence-electron chi connectivity index (χ3n) is 3.27. The summed E-state index contributed by atoms with van der Waals surface area (Å²) in [4.78, 5) is 15.3. The van der Waals surface area contributed by atoms with Crippen LogP contribution in [0.25, 0.3) is 5.95 Å². The number of aromatic nitrogens is 5. The van der Waals surface area contributed by atoms with Gasteiger partial charge in [0, 0.05) is 20.1 Å². The predicted molar refractivity (Wildman–Crippen MR) is 84.5 cm³/mol. The maximum Gasteiger partial charge on any atom is 0.257 e. The molecule has 0 unspecified atom stereocenters. The predicted octanol–water partition coefficient (Wildman–Crippen LogP) is 2.22. The second kappa shape index (κ2) is 6.26. The van der Waals surface area contributed by atoms with Crippen LogP contribution in [-0.4, -0.2) is 44.9 Å². The SMILES string of the molecule is CCN(CC)c1nc(NC)nc(-n2nc(C)c(Cl)c2C)n1. The Balaban J connectivity index is 2.57. The summed E-state index contributed by atoms with van der Waals surface area (Å²) in [5, 5.41) is 7.98. The quantitative estimate of drug-likeness (QED) is 0.913. The van der Waals surface area contributed by atoms with Crippen LogP contribution in [0, 0.1) is 13.8 Å². The molecule has 114 valence electrons. The fourth-order valence-electron chi connectivity index (χ4n) is 2.03. The number of halogens is 1. The Morgan fingerprint density at radius 3 is 2.29 bits per heavy atom. The zero-order valence-corrected chi connectivity index (χ0v) is 13.7. The largest absolute Gasteiger partial charge is 0.357 e. The van der Waals surface area contributed by atoms with E-state index in [9.17, 15) is 0 Å². The van der Waals surface area contributed by atoms with Gasteiger partial charge in [-0.1, -0.05) is 11.6 Å². The van der Waals surface area contributed by atoms with Crippen LogP contribution in [0.1, 0.15) is 25.2 Å². The van der Waals surface area contributed by atoms with Gasteiger partial charge in [-0.3, -0.25) is 0 Å². The molecule has 2 aromatic rings. The van der Waals surface area contributed by atoms with Crippen molar-refractivity contribution in [3.8, 4) is 5.95 Å². The fourth-order valence-corrected chi connectivity index (χ4v) is 2.14. The molecule has 0 aliphatic carbocycles. The summed E-state index contributed by atoms with van der Waals surface area (Å²) in [7, 11) is 1.78. The minimum absolute atomic E-state index is 0.462. The summed E-state index contributed by atoms with van der Waals surface area (Å²) in [6, 6.07) is 0. The molecule has 0 atom stereocenters. The van der Waals surface area contributed by atoms with Crippen LogP contribution in [0.4, 0.5) is 11.9 Å². The van der Waals surface area contributed by atoms with E-state index >= 15 is 0 Å². The molecule has 2 rings (SSSR count). The average Bonchev–Trinajstić information content (AvgIpc) is 2.76.